The Balaban J connectivity index is 1.17. The molecule has 3 saturated heterocycles. The summed E-state index contributed by atoms with van der Waals surface area (Å²) in [5.74, 6) is -2.51. The van der Waals surface area contributed by atoms with E-state index in [0.717, 1.165) is 44.4 Å². The summed E-state index contributed by atoms with van der Waals surface area (Å²) in [6.45, 7) is 12.8. The number of aryl methyl sites for hydroxylation is 1. The molecule has 2 aromatic carbocycles. The second-order valence-electron chi connectivity index (χ2n) is 19.6. The predicted molar refractivity (Wildman–Crippen MR) is 248 cm³/mol. The van der Waals surface area contributed by atoms with Gasteiger partial charge >= 0.3 is 5.97 Å². The number of aromatic nitrogens is 2. The first-order chi connectivity index (χ1) is 31.6. The highest BCUT2D eigenvalue weighted by Crippen LogP contribution is 2.41. The lowest BCUT2D eigenvalue weighted by atomic mass is 9.84. The molecule has 16 nitrogen and oxygen atoms in total. The Morgan fingerprint density at radius 2 is 1.86 bits per heavy atom. The molecular formula is C50H64N8O8. The Labute approximate surface area is 386 Å². The molecule has 3 fully saturated rings. The van der Waals surface area contributed by atoms with E-state index in [1.54, 1.807) is 37.4 Å². The van der Waals surface area contributed by atoms with Crippen molar-refractivity contribution in [3.05, 3.63) is 71.5 Å². The van der Waals surface area contributed by atoms with E-state index in [9.17, 15) is 29.1 Å². The molecule has 0 radical (unpaired) electrons. The molecule has 6 heterocycles. The number of carbonyl (C=O) groups is 5. The number of benzene rings is 2. The first-order valence-corrected chi connectivity index (χ1v) is 23.3. The fourth-order valence-electron chi connectivity index (χ4n) is 10.2. The van der Waals surface area contributed by atoms with Crippen molar-refractivity contribution in [3.8, 4) is 28.1 Å². The lowest BCUT2D eigenvalue weighted by Crippen LogP contribution is -2.62. The van der Waals surface area contributed by atoms with Crippen LogP contribution in [0, 0.1) is 17.3 Å². The van der Waals surface area contributed by atoms with Crippen LogP contribution in [0.5, 0.6) is 5.75 Å². The number of carbonyl (C=O) groups excluding carboxylic acids is 5. The molecule has 0 saturated carbocycles. The van der Waals surface area contributed by atoms with Crippen LogP contribution in [0.25, 0.3) is 33.3 Å². The Morgan fingerprint density at radius 3 is 2.59 bits per heavy atom. The average Bonchev–Trinajstić information content (AvgIpc) is 3.95. The molecule has 0 unspecified atom stereocenters. The number of aromatic hydroxyl groups is 1. The highest BCUT2D eigenvalue weighted by molar-refractivity contribution is 5.96. The number of cyclic esters (lactones) is 1. The maximum atomic E-state index is 14.7. The van der Waals surface area contributed by atoms with Crippen LogP contribution >= 0.6 is 0 Å². The van der Waals surface area contributed by atoms with Gasteiger partial charge in [0, 0.05) is 87.6 Å². The summed E-state index contributed by atoms with van der Waals surface area (Å²) < 4.78 is 14.0. The molecule has 4 aliphatic heterocycles. The maximum Gasteiger partial charge on any atom is 0.324 e. The Morgan fingerprint density at radius 1 is 1.08 bits per heavy atom. The number of nitrogens with zero attached hydrogens (tertiary/aromatic N) is 5. The quantitative estimate of drug-likeness (QED) is 0.132. The van der Waals surface area contributed by atoms with Crippen molar-refractivity contribution in [1.82, 2.24) is 40.4 Å². The van der Waals surface area contributed by atoms with Crippen molar-refractivity contribution in [3.63, 3.8) is 0 Å². The number of pyridine rings is 1. The molecule has 16 heteroatoms. The van der Waals surface area contributed by atoms with E-state index in [1.165, 1.54) is 9.91 Å². The van der Waals surface area contributed by atoms with Crippen molar-refractivity contribution in [2.24, 2.45) is 17.3 Å². The fraction of sp³-hybridized carbons (Fsp3) is 0.520. The van der Waals surface area contributed by atoms with E-state index in [-0.39, 0.29) is 55.6 Å². The summed E-state index contributed by atoms with van der Waals surface area (Å²) in [4.78, 5) is 77.6. The minimum absolute atomic E-state index is 0.00202. The van der Waals surface area contributed by atoms with E-state index < -0.39 is 47.2 Å². The molecule has 4 aliphatic rings. The number of phenols is 1. The van der Waals surface area contributed by atoms with Crippen LogP contribution in [0.1, 0.15) is 70.6 Å². The van der Waals surface area contributed by atoms with Crippen molar-refractivity contribution in [2.75, 3.05) is 46.9 Å². The van der Waals surface area contributed by atoms with Gasteiger partial charge in [-0.05, 0) is 96.7 Å². The topological polar surface area (TPSA) is 198 Å². The number of likely N-dealkylation sites (tertiary alicyclic amines) is 1. The van der Waals surface area contributed by atoms with Gasteiger partial charge in [-0.15, -0.1) is 0 Å². The number of esters is 1. The van der Waals surface area contributed by atoms with Gasteiger partial charge in [-0.1, -0.05) is 39.8 Å². The third-order valence-electron chi connectivity index (χ3n) is 13.5. The van der Waals surface area contributed by atoms with E-state index in [2.05, 4.69) is 58.5 Å². The highest BCUT2D eigenvalue weighted by Gasteiger charge is 2.42. The number of ether oxygens (including phenoxy) is 2. The zero-order valence-corrected chi connectivity index (χ0v) is 39.2. The van der Waals surface area contributed by atoms with Gasteiger partial charge in [0.25, 0.3) is 5.91 Å². The van der Waals surface area contributed by atoms with Gasteiger partial charge in [0.05, 0.1) is 30.9 Å². The first-order valence-electron chi connectivity index (χ1n) is 23.3. The average molecular weight is 905 g/mol. The normalized spacial score (nSPS) is 22.5. The molecule has 6 bridgehead atoms. The summed E-state index contributed by atoms with van der Waals surface area (Å²) in [7, 11) is 3.28. The molecular weight excluding hydrogens is 841 g/mol. The van der Waals surface area contributed by atoms with Gasteiger partial charge in [0.15, 0.2) is 0 Å². The smallest absolute Gasteiger partial charge is 0.324 e. The van der Waals surface area contributed by atoms with Gasteiger partial charge in [-0.25, -0.2) is 5.43 Å². The van der Waals surface area contributed by atoms with E-state index in [4.69, 9.17) is 9.47 Å². The van der Waals surface area contributed by atoms with Crippen LogP contribution in [-0.2, 0) is 59.4 Å². The molecule has 2 aromatic heterocycles. The first kappa shape index (κ1) is 46.7. The Bertz CT molecular complexity index is 2510. The van der Waals surface area contributed by atoms with Gasteiger partial charge in [-0.3, -0.25) is 34.0 Å². The van der Waals surface area contributed by atoms with Gasteiger partial charge in [-0.2, -0.15) is 0 Å². The van der Waals surface area contributed by atoms with Crippen LogP contribution in [0.2, 0.25) is 0 Å². The third kappa shape index (κ3) is 9.67. The molecule has 5 atom stereocenters. The molecule has 66 heavy (non-hydrogen) atoms. The lowest BCUT2D eigenvalue weighted by Gasteiger charge is -2.37. The van der Waals surface area contributed by atoms with E-state index >= 15 is 0 Å². The number of rotatable bonds is 10. The summed E-state index contributed by atoms with van der Waals surface area (Å²) >= 11 is 0. The minimum atomic E-state index is -1.15. The number of nitrogens with one attached hydrogen (secondary N) is 3. The number of hydrogen-bond donors (Lipinski definition) is 4. The zero-order valence-electron chi connectivity index (χ0n) is 39.2. The molecule has 352 valence electrons. The maximum absolute atomic E-state index is 14.7. The number of fused-ring (bicyclic) bond motifs is 6. The molecule has 4 N–H and O–H groups in total. The Kier molecular flexibility index (Phi) is 13.6. The largest absolute Gasteiger partial charge is 0.508 e. The number of phenolic OH excluding ortho intramolecular Hbond substituents is 1. The van der Waals surface area contributed by atoms with E-state index in [1.807, 2.05) is 38.2 Å². The monoisotopic (exact) mass is 904 g/mol. The molecule has 0 aliphatic carbocycles. The SMILES string of the molecule is CCn1c(-c2cnccc2COC)c2c3cc(ccc31)-c1cc(O)cc(c1)C[C@H](NC(=O)[C@H](C(C)C)N(C)C(=O)[C@H]1CCN(C(=O)[C@@H]3CN3)C1)C(=O)N1CCC[C@H](N1)C(=O)OCC(C)(C)C2. The highest BCUT2D eigenvalue weighted by atomic mass is 16.5. The summed E-state index contributed by atoms with van der Waals surface area (Å²) in [6.07, 6.45) is 5.64. The van der Waals surface area contributed by atoms with Gasteiger partial charge < -0.3 is 39.6 Å². The predicted octanol–water partition coefficient (Wildman–Crippen LogP) is 4.19. The lowest BCUT2D eigenvalue weighted by molar-refractivity contribution is -0.155. The number of hydrogen-bond acceptors (Lipinski definition) is 11. The van der Waals surface area contributed by atoms with Crippen LogP contribution in [0.3, 0.4) is 0 Å². The standard InChI is InChI=1S/C50H64N8O8/c1-8-57-42-12-11-31-22-36(42)37(44(57)38-24-51-15-13-33(38)27-65-7)23-50(4,5)28-66-49(64)39-10-9-16-58(54-39)48(63)40(20-30-18-34(31)21-35(59)19-30)53-45(60)43(29(2)3)55(6)46(61)32-14-17-56(26-32)47(62)41-25-52-41/h11-13,15,18-19,21-22,24,29,32,39-41,43,52,54,59H,8-10,14,16-17,20,23,25-28H2,1-7H3,(H,53,60)/t32-,39-,40-,41-,43-/m0/s1. The number of amides is 4. The molecule has 0 spiro atoms. The van der Waals surface area contributed by atoms with Gasteiger partial charge in [0.1, 0.15) is 23.9 Å². The number of hydrazine groups is 1. The van der Waals surface area contributed by atoms with Crippen molar-refractivity contribution >= 4 is 40.5 Å². The summed E-state index contributed by atoms with van der Waals surface area (Å²) in [6, 6.07) is 10.3. The fourth-order valence-corrected chi connectivity index (χ4v) is 10.2. The van der Waals surface area contributed by atoms with Crippen LogP contribution in [0.15, 0.2) is 54.9 Å². The van der Waals surface area contributed by atoms with Crippen molar-refractivity contribution in [2.45, 2.75) is 104 Å². The molecule has 4 amide bonds. The number of methoxy groups -OCH3 is 1. The zero-order chi connectivity index (χ0) is 47.0. The minimum Gasteiger partial charge on any atom is -0.508 e. The van der Waals surface area contributed by atoms with Gasteiger partial charge in [0.2, 0.25) is 17.7 Å². The second kappa shape index (κ2) is 19.2. The second-order valence-corrected chi connectivity index (χ2v) is 19.6. The van der Waals surface area contributed by atoms with Crippen LogP contribution in [0.4, 0.5) is 0 Å². The third-order valence-corrected chi connectivity index (χ3v) is 13.5. The number of likely N-dealkylation sites (N-methyl/N-ethyl adjacent to an activating group) is 1. The van der Waals surface area contributed by atoms with Crippen LogP contribution in [-0.4, -0.2) is 130 Å². The molecule has 8 rings (SSSR count). The van der Waals surface area contributed by atoms with Crippen molar-refractivity contribution in [1.29, 1.82) is 0 Å². The molecule has 4 aromatic rings. The summed E-state index contributed by atoms with van der Waals surface area (Å²) in [5, 5.41) is 19.8. The van der Waals surface area contributed by atoms with Crippen molar-refractivity contribution < 1.29 is 38.6 Å². The van der Waals surface area contributed by atoms with E-state index in [0.29, 0.717) is 57.5 Å². The Hall–Kier alpha value is -5.84. The van der Waals surface area contributed by atoms with Crippen LogP contribution < -0.4 is 16.1 Å². The summed E-state index contributed by atoms with van der Waals surface area (Å²) in [5.41, 5.74) is 9.77.